The maximum atomic E-state index is 13.1. The van der Waals surface area contributed by atoms with Gasteiger partial charge in [-0.2, -0.15) is 14.5 Å². The molecule has 10 nitrogen and oxygen atoms in total. The van der Waals surface area contributed by atoms with Crippen molar-refractivity contribution in [3.63, 3.8) is 0 Å². The minimum Gasteiger partial charge on any atom is -0.392 e. The molecule has 178 valence electrons. The van der Waals surface area contributed by atoms with Crippen LogP contribution in [0.2, 0.25) is 0 Å². The maximum Gasteiger partial charge on any atom is 0.247 e. The number of amides is 1. The van der Waals surface area contributed by atoms with E-state index in [1.54, 1.807) is 0 Å². The number of rotatable bonds is 6. The molecule has 0 spiro atoms. The average molecular weight is 467 g/mol. The molecule has 0 saturated carbocycles. The zero-order valence-corrected chi connectivity index (χ0v) is 19.0. The Balaban J connectivity index is 1.42. The van der Waals surface area contributed by atoms with E-state index in [-0.39, 0.29) is 5.91 Å². The summed E-state index contributed by atoms with van der Waals surface area (Å²) in [4.78, 5) is 28.0. The fraction of sp³-hybridized carbons (Fsp3) is 0.435. The van der Waals surface area contributed by atoms with Crippen LogP contribution in [-0.4, -0.2) is 54.9 Å². The lowest BCUT2D eigenvalue weighted by molar-refractivity contribution is -0.117. The number of halogens is 1. The van der Waals surface area contributed by atoms with Crippen LogP contribution < -0.4 is 15.5 Å². The number of aromatic amines is 1. The van der Waals surface area contributed by atoms with Gasteiger partial charge in [-0.3, -0.25) is 9.89 Å². The summed E-state index contributed by atoms with van der Waals surface area (Å²) in [7, 11) is 0. The van der Waals surface area contributed by atoms with Gasteiger partial charge in [-0.15, -0.1) is 0 Å². The van der Waals surface area contributed by atoms with Crippen LogP contribution in [0.4, 0.5) is 27.7 Å². The summed E-state index contributed by atoms with van der Waals surface area (Å²) in [6.07, 6.45) is 3.11. The fourth-order valence-corrected chi connectivity index (χ4v) is 4.44. The summed E-state index contributed by atoms with van der Waals surface area (Å²) in [6, 6.07) is 4.14. The van der Waals surface area contributed by atoms with Crippen molar-refractivity contribution in [3.05, 3.63) is 47.3 Å². The predicted octanol–water partition coefficient (Wildman–Crippen LogP) is 2.67. The molecule has 4 heterocycles. The van der Waals surface area contributed by atoms with Crippen molar-refractivity contribution in [1.29, 1.82) is 0 Å². The predicted molar refractivity (Wildman–Crippen MR) is 125 cm³/mol. The number of anilines is 4. The summed E-state index contributed by atoms with van der Waals surface area (Å²) in [5.74, 6) is 1.13. The second-order valence-corrected chi connectivity index (χ2v) is 9.06. The van der Waals surface area contributed by atoms with Crippen LogP contribution in [0.15, 0.2) is 24.4 Å². The van der Waals surface area contributed by atoms with Crippen molar-refractivity contribution in [2.75, 3.05) is 22.1 Å². The Bertz CT molecular complexity index is 1200. The molecule has 1 fully saturated rings. The summed E-state index contributed by atoms with van der Waals surface area (Å²) >= 11 is 0. The van der Waals surface area contributed by atoms with Crippen LogP contribution in [0, 0.1) is 5.95 Å². The second-order valence-electron chi connectivity index (χ2n) is 9.06. The first-order valence-electron chi connectivity index (χ1n) is 11.5. The van der Waals surface area contributed by atoms with E-state index in [0.717, 1.165) is 23.4 Å². The highest BCUT2D eigenvalue weighted by molar-refractivity contribution is 5.96. The fourth-order valence-electron chi connectivity index (χ4n) is 4.44. The number of fused-ring (bicyclic) bond motifs is 1. The summed E-state index contributed by atoms with van der Waals surface area (Å²) in [6.45, 7) is 4.78. The van der Waals surface area contributed by atoms with Gasteiger partial charge in [0.05, 0.1) is 23.7 Å². The zero-order valence-electron chi connectivity index (χ0n) is 19.0. The first-order valence-corrected chi connectivity index (χ1v) is 11.5. The van der Waals surface area contributed by atoms with Crippen LogP contribution in [-0.2, 0) is 17.6 Å². The van der Waals surface area contributed by atoms with E-state index in [9.17, 15) is 14.3 Å². The van der Waals surface area contributed by atoms with Crippen LogP contribution in [0.5, 0.6) is 0 Å². The van der Waals surface area contributed by atoms with E-state index in [1.165, 1.54) is 18.3 Å². The van der Waals surface area contributed by atoms with Crippen molar-refractivity contribution >= 4 is 29.2 Å². The third-order valence-corrected chi connectivity index (χ3v) is 6.22. The van der Waals surface area contributed by atoms with Crippen LogP contribution >= 0.6 is 0 Å². The molecule has 0 radical (unpaired) electrons. The van der Waals surface area contributed by atoms with Gasteiger partial charge in [0.2, 0.25) is 17.8 Å². The molecule has 1 aliphatic carbocycles. The van der Waals surface area contributed by atoms with E-state index in [0.29, 0.717) is 55.0 Å². The third kappa shape index (κ3) is 4.43. The maximum absolute atomic E-state index is 13.1. The molecule has 2 aliphatic rings. The highest BCUT2D eigenvalue weighted by Crippen LogP contribution is 2.33. The van der Waals surface area contributed by atoms with E-state index in [1.807, 2.05) is 11.0 Å². The number of nitrogens with zero attached hydrogens (tertiary/aromatic N) is 5. The number of aliphatic hydroxyl groups excluding tert-OH is 1. The average Bonchev–Trinajstić information content (AvgIpc) is 3.54. The lowest BCUT2D eigenvalue weighted by Gasteiger charge is -2.25. The minimum absolute atomic E-state index is 0.224. The number of nitrogens with one attached hydrogen (secondary N) is 3. The van der Waals surface area contributed by atoms with Gasteiger partial charge < -0.3 is 20.6 Å². The molecule has 1 amide bonds. The van der Waals surface area contributed by atoms with Crippen molar-refractivity contribution in [2.24, 2.45) is 0 Å². The van der Waals surface area contributed by atoms with Crippen LogP contribution in [0.25, 0.3) is 0 Å². The Kier molecular flexibility index (Phi) is 5.86. The van der Waals surface area contributed by atoms with Crippen molar-refractivity contribution in [1.82, 2.24) is 25.1 Å². The summed E-state index contributed by atoms with van der Waals surface area (Å²) < 4.78 is 13.1. The molecule has 4 N–H and O–H groups in total. The molecule has 1 saturated heterocycles. The van der Waals surface area contributed by atoms with Crippen molar-refractivity contribution < 1.29 is 14.3 Å². The molecule has 3 aromatic rings. The Morgan fingerprint density at radius 2 is 2.15 bits per heavy atom. The number of hydrogen-bond donors (Lipinski definition) is 4. The number of H-pyrrole nitrogens is 1. The molecular formula is C23H27FN8O2. The highest BCUT2D eigenvalue weighted by atomic mass is 19.1. The Labute approximate surface area is 196 Å². The number of pyridine rings is 1. The Hall–Kier alpha value is -3.60. The number of hydrogen-bond acceptors (Lipinski definition) is 8. The summed E-state index contributed by atoms with van der Waals surface area (Å²) in [5.41, 5.74) is 3.06. The van der Waals surface area contributed by atoms with Crippen LogP contribution in [0.3, 0.4) is 0 Å². The number of aromatic nitrogens is 5. The lowest BCUT2D eigenvalue weighted by Crippen LogP contribution is -2.40. The highest BCUT2D eigenvalue weighted by Gasteiger charge is 2.35. The monoisotopic (exact) mass is 466 g/mol. The molecule has 1 aliphatic heterocycles. The number of carbonyl (C=O) groups excluding carboxylic acids is 1. The minimum atomic E-state index is -0.605. The number of carbonyl (C=O) groups is 1. The van der Waals surface area contributed by atoms with E-state index < -0.39 is 18.1 Å². The SMILES string of the molecule is CC(C)c1cc(Nc2nc(N3CCC[C@H]3C(=O)Nc3ccc(F)nc3)nc3c2CC(O)C3)n[nH]1. The van der Waals surface area contributed by atoms with Gasteiger partial charge >= 0.3 is 0 Å². The van der Waals surface area contributed by atoms with E-state index in [2.05, 4.69) is 39.7 Å². The second kappa shape index (κ2) is 8.98. The quantitative estimate of drug-likeness (QED) is 0.408. The van der Waals surface area contributed by atoms with Crippen LogP contribution in [0.1, 0.15) is 49.6 Å². The molecule has 1 unspecified atom stereocenters. The van der Waals surface area contributed by atoms with Gasteiger partial charge in [0.1, 0.15) is 11.9 Å². The Morgan fingerprint density at radius 3 is 2.88 bits per heavy atom. The zero-order chi connectivity index (χ0) is 23.8. The summed E-state index contributed by atoms with van der Waals surface area (Å²) in [5, 5.41) is 23.7. The van der Waals surface area contributed by atoms with E-state index in [4.69, 9.17) is 9.97 Å². The largest absolute Gasteiger partial charge is 0.392 e. The van der Waals surface area contributed by atoms with Crippen molar-refractivity contribution in [2.45, 2.75) is 57.6 Å². The van der Waals surface area contributed by atoms with Gasteiger partial charge in [-0.1, -0.05) is 13.8 Å². The van der Waals surface area contributed by atoms with Gasteiger partial charge in [0.15, 0.2) is 5.82 Å². The molecule has 3 aromatic heterocycles. The molecule has 34 heavy (non-hydrogen) atoms. The molecule has 0 bridgehead atoms. The molecular weight excluding hydrogens is 439 g/mol. The molecule has 2 atom stereocenters. The smallest absolute Gasteiger partial charge is 0.247 e. The van der Waals surface area contributed by atoms with Crippen molar-refractivity contribution in [3.8, 4) is 0 Å². The van der Waals surface area contributed by atoms with Gasteiger partial charge in [-0.25, -0.2) is 9.97 Å². The molecule has 5 rings (SSSR count). The van der Waals surface area contributed by atoms with E-state index >= 15 is 0 Å². The van der Waals surface area contributed by atoms with Gasteiger partial charge in [0, 0.05) is 36.7 Å². The first kappa shape index (κ1) is 22.2. The Morgan fingerprint density at radius 1 is 1.29 bits per heavy atom. The first-order chi connectivity index (χ1) is 16.4. The number of aliphatic hydroxyl groups is 1. The molecule has 11 heteroatoms. The third-order valence-electron chi connectivity index (χ3n) is 6.22. The molecule has 0 aromatic carbocycles. The van der Waals surface area contributed by atoms with Gasteiger partial charge in [-0.05, 0) is 30.9 Å². The standard InChI is InChI=1S/C23H27FN8O2/c1-12(2)16-10-20(31-30-16)28-21-15-8-14(33)9-17(15)27-23(29-21)32-7-3-4-18(32)22(34)26-13-5-6-19(24)25-11-13/h5-6,10-12,14,18,33H,3-4,7-9H2,1-2H3,(H,26,34)(H2,27,28,29,30,31)/t14?,18-/m0/s1. The normalized spacial score (nSPS) is 19.5. The lowest BCUT2D eigenvalue weighted by atomic mass is 10.1. The van der Waals surface area contributed by atoms with Gasteiger partial charge in [0.25, 0.3) is 0 Å². The topological polar surface area (TPSA) is 132 Å².